The Balaban J connectivity index is 1.47. The maximum atomic E-state index is 5.84. The fourth-order valence-electron chi connectivity index (χ4n) is 3.12. The summed E-state index contributed by atoms with van der Waals surface area (Å²) in [4.78, 5) is 0. The lowest BCUT2D eigenvalue weighted by atomic mass is 10.00. The second-order valence-corrected chi connectivity index (χ2v) is 8.64. The lowest BCUT2D eigenvalue weighted by molar-refractivity contribution is 0.396. The number of halogens is 1. The third kappa shape index (κ3) is 4.46. The fourth-order valence-corrected chi connectivity index (χ4v) is 4.19. The molecule has 0 atom stereocenters. The number of rotatable bonds is 6. The van der Waals surface area contributed by atoms with E-state index in [1.165, 1.54) is 22.3 Å². The highest BCUT2D eigenvalue weighted by atomic mass is 79.9. The van der Waals surface area contributed by atoms with Crippen LogP contribution in [0, 0.1) is 20.8 Å². The van der Waals surface area contributed by atoms with Crippen molar-refractivity contribution in [1.82, 2.24) is 20.0 Å². The molecule has 2 heterocycles. The highest BCUT2D eigenvalue weighted by molar-refractivity contribution is 9.10. The molecule has 0 N–H and O–H groups in total. The zero-order valence-electron chi connectivity index (χ0n) is 16.5. The van der Waals surface area contributed by atoms with E-state index in [1.807, 2.05) is 18.5 Å². The summed E-state index contributed by atoms with van der Waals surface area (Å²) in [5.74, 6) is 1.31. The molecule has 2 aromatic carbocycles. The molecule has 0 radical (unpaired) electrons. The zero-order chi connectivity index (χ0) is 20.4. The van der Waals surface area contributed by atoms with Crippen LogP contribution in [0.15, 0.2) is 62.6 Å². The second-order valence-electron chi connectivity index (χ2n) is 6.92. The van der Waals surface area contributed by atoms with Crippen molar-refractivity contribution in [3.63, 3.8) is 0 Å². The van der Waals surface area contributed by atoms with Gasteiger partial charge in [-0.05, 0) is 53.4 Å². The minimum atomic E-state index is 0.464. The van der Waals surface area contributed by atoms with Crippen molar-refractivity contribution in [2.45, 2.75) is 38.3 Å². The van der Waals surface area contributed by atoms with Gasteiger partial charge in [-0.15, -0.1) is 10.2 Å². The molecule has 7 heteroatoms. The van der Waals surface area contributed by atoms with Gasteiger partial charge in [-0.25, -0.2) is 0 Å². The molecule has 2 aromatic heterocycles. The first-order valence-corrected chi connectivity index (χ1v) is 11.1. The largest absolute Gasteiger partial charge is 0.414 e. The van der Waals surface area contributed by atoms with Crippen molar-refractivity contribution in [1.29, 1.82) is 0 Å². The lowest BCUT2D eigenvalue weighted by Gasteiger charge is -2.09. The van der Waals surface area contributed by atoms with Crippen LogP contribution in [-0.2, 0) is 12.3 Å². The van der Waals surface area contributed by atoms with Gasteiger partial charge in [-0.2, -0.15) is 5.10 Å². The van der Waals surface area contributed by atoms with Crippen LogP contribution in [0.2, 0.25) is 0 Å². The molecule has 0 bridgehead atoms. The van der Waals surface area contributed by atoms with E-state index in [0.717, 1.165) is 21.6 Å². The van der Waals surface area contributed by atoms with Crippen LogP contribution in [0.1, 0.15) is 28.4 Å². The molecule has 0 aliphatic heterocycles. The summed E-state index contributed by atoms with van der Waals surface area (Å²) in [5, 5.41) is 13.4. The van der Waals surface area contributed by atoms with Crippen molar-refractivity contribution in [2.24, 2.45) is 0 Å². The third-order valence-electron chi connectivity index (χ3n) is 4.76. The Morgan fingerprint density at radius 3 is 2.48 bits per heavy atom. The molecule has 4 rings (SSSR count). The Hall–Kier alpha value is -2.38. The summed E-state index contributed by atoms with van der Waals surface area (Å²) in [6.07, 6.45) is 0. The maximum Gasteiger partial charge on any atom is 0.276 e. The maximum absolute atomic E-state index is 5.84. The molecule has 0 aliphatic rings. The van der Waals surface area contributed by atoms with Gasteiger partial charge in [0.05, 0.1) is 15.9 Å². The normalized spacial score (nSPS) is 11.2. The van der Waals surface area contributed by atoms with Crippen molar-refractivity contribution >= 4 is 27.7 Å². The van der Waals surface area contributed by atoms with Gasteiger partial charge >= 0.3 is 0 Å². The number of thioether (sulfide) groups is 1. The molecular formula is C22H21BrN4OS. The van der Waals surface area contributed by atoms with Gasteiger partial charge in [-0.1, -0.05) is 65.9 Å². The predicted molar refractivity (Wildman–Crippen MR) is 119 cm³/mol. The minimum absolute atomic E-state index is 0.464. The first kappa shape index (κ1) is 19.9. The van der Waals surface area contributed by atoms with Crippen molar-refractivity contribution in [2.75, 3.05) is 0 Å². The van der Waals surface area contributed by atoms with Gasteiger partial charge in [0.25, 0.3) is 5.22 Å². The standard InChI is InChI=1S/C22H21BrN4OS/c1-14-8-10-17(11-9-14)19-7-5-4-6-18(19)13-29-22-25-24-20(28-22)12-27-16(3)21(23)15(2)26-27/h4-11H,12-13H2,1-3H3. The first-order chi connectivity index (χ1) is 14.0. The highest BCUT2D eigenvalue weighted by Crippen LogP contribution is 2.30. The fraction of sp³-hybridized carbons (Fsp3) is 0.227. The van der Waals surface area contributed by atoms with Gasteiger partial charge in [0.1, 0.15) is 6.54 Å². The Kier molecular flexibility index (Phi) is 5.87. The molecule has 5 nitrogen and oxygen atoms in total. The highest BCUT2D eigenvalue weighted by Gasteiger charge is 2.14. The second kappa shape index (κ2) is 8.55. The van der Waals surface area contributed by atoms with Crippen LogP contribution < -0.4 is 0 Å². The van der Waals surface area contributed by atoms with E-state index in [9.17, 15) is 0 Å². The number of aromatic nitrogens is 4. The Morgan fingerprint density at radius 2 is 1.76 bits per heavy atom. The summed E-state index contributed by atoms with van der Waals surface area (Å²) in [5.41, 5.74) is 6.93. The molecule has 4 aromatic rings. The Labute approximate surface area is 182 Å². The summed E-state index contributed by atoms with van der Waals surface area (Å²) in [6, 6.07) is 17.0. The zero-order valence-corrected chi connectivity index (χ0v) is 18.9. The minimum Gasteiger partial charge on any atom is -0.414 e. The quantitative estimate of drug-likeness (QED) is 0.326. The summed E-state index contributed by atoms with van der Waals surface area (Å²) in [7, 11) is 0. The molecule has 29 heavy (non-hydrogen) atoms. The molecule has 0 fully saturated rings. The molecule has 0 saturated carbocycles. The third-order valence-corrected chi connectivity index (χ3v) is 6.77. The van der Waals surface area contributed by atoms with E-state index in [2.05, 4.69) is 86.7 Å². The van der Waals surface area contributed by atoms with Gasteiger partial charge < -0.3 is 4.42 Å². The van der Waals surface area contributed by atoms with E-state index in [-0.39, 0.29) is 0 Å². The molecule has 0 saturated heterocycles. The SMILES string of the molecule is Cc1ccc(-c2ccccc2CSc2nnc(Cn3nc(C)c(Br)c3C)o2)cc1. The number of aryl methyl sites for hydroxylation is 2. The van der Waals surface area contributed by atoms with Crippen molar-refractivity contribution in [3.05, 3.63) is 81.4 Å². The average Bonchev–Trinajstić information content (AvgIpc) is 3.27. The summed E-state index contributed by atoms with van der Waals surface area (Å²) < 4.78 is 8.72. The predicted octanol–water partition coefficient (Wildman–Crippen LogP) is 5.96. The first-order valence-electron chi connectivity index (χ1n) is 9.31. The number of nitrogens with zero attached hydrogens (tertiary/aromatic N) is 4. The van der Waals surface area contributed by atoms with Gasteiger partial charge in [0.15, 0.2) is 0 Å². The van der Waals surface area contributed by atoms with Crippen LogP contribution in [0.3, 0.4) is 0 Å². The van der Waals surface area contributed by atoms with Crippen LogP contribution in [-0.4, -0.2) is 20.0 Å². The van der Waals surface area contributed by atoms with Crippen LogP contribution in [0.5, 0.6) is 0 Å². The lowest BCUT2D eigenvalue weighted by Crippen LogP contribution is -2.04. The van der Waals surface area contributed by atoms with Crippen molar-refractivity contribution in [3.8, 4) is 11.1 Å². The smallest absolute Gasteiger partial charge is 0.276 e. The monoisotopic (exact) mass is 468 g/mol. The van der Waals surface area contributed by atoms with Crippen LogP contribution in [0.4, 0.5) is 0 Å². The average molecular weight is 469 g/mol. The van der Waals surface area contributed by atoms with Gasteiger partial charge in [0, 0.05) is 5.75 Å². The van der Waals surface area contributed by atoms with E-state index in [0.29, 0.717) is 17.7 Å². The van der Waals surface area contributed by atoms with E-state index < -0.39 is 0 Å². The molecular weight excluding hydrogens is 448 g/mol. The number of hydrogen-bond acceptors (Lipinski definition) is 5. The molecule has 0 aliphatic carbocycles. The summed E-state index contributed by atoms with van der Waals surface area (Å²) >= 11 is 5.10. The molecule has 0 unspecified atom stereocenters. The molecule has 148 valence electrons. The number of hydrogen-bond donors (Lipinski definition) is 0. The van der Waals surface area contributed by atoms with Gasteiger partial charge in [0.2, 0.25) is 5.89 Å². The number of benzene rings is 2. The Bertz CT molecular complexity index is 1130. The van der Waals surface area contributed by atoms with Crippen LogP contribution in [0.25, 0.3) is 11.1 Å². The summed E-state index contributed by atoms with van der Waals surface area (Å²) in [6.45, 7) is 6.54. The Morgan fingerprint density at radius 1 is 1.00 bits per heavy atom. The van der Waals surface area contributed by atoms with Crippen LogP contribution >= 0.6 is 27.7 Å². The van der Waals surface area contributed by atoms with E-state index in [1.54, 1.807) is 11.8 Å². The molecule has 0 spiro atoms. The van der Waals surface area contributed by atoms with Crippen molar-refractivity contribution < 1.29 is 4.42 Å². The topological polar surface area (TPSA) is 56.7 Å². The van der Waals surface area contributed by atoms with E-state index in [4.69, 9.17) is 4.42 Å². The van der Waals surface area contributed by atoms with Gasteiger partial charge in [-0.3, -0.25) is 4.68 Å². The van der Waals surface area contributed by atoms with E-state index >= 15 is 0 Å². The molecule has 0 amide bonds.